The molecule has 0 atom stereocenters. The number of aryl methyl sites for hydroxylation is 2. The summed E-state index contributed by atoms with van der Waals surface area (Å²) in [4.78, 5) is 0. The van der Waals surface area contributed by atoms with E-state index in [4.69, 9.17) is 0 Å². The van der Waals surface area contributed by atoms with Gasteiger partial charge in [0.25, 0.3) is 0 Å². The van der Waals surface area contributed by atoms with Crippen molar-refractivity contribution in [3.05, 3.63) is 15.9 Å². The molecular formula is C5H8N2Te. The fourth-order valence-corrected chi connectivity index (χ4v) is 0.924. The Labute approximate surface area is 61.1 Å². The van der Waals surface area contributed by atoms with Crippen LogP contribution in [0.5, 0.6) is 0 Å². The molecule has 2 nitrogen and oxygen atoms in total. The molecular weight excluding hydrogens is 216 g/mol. The van der Waals surface area contributed by atoms with Crippen LogP contribution in [0, 0.1) is 3.46 Å². The predicted molar refractivity (Wildman–Crippen MR) is 33.4 cm³/mol. The molecule has 1 aromatic heterocycles. The van der Waals surface area contributed by atoms with E-state index in [2.05, 4.69) is 9.13 Å². The predicted octanol–water partition coefficient (Wildman–Crippen LogP) is 0.0641. The first-order valence-corrected chi connectivity index (χ1v) is 3.56. The van der Waals surface area contributed by atoms with Crippen LogP contribution >= 0.6 is 0 Å². The van der Waals surface area contributed by atoms with Crippen molar-refractivity contribution in [3.8, 4) is 0 Å². The first-order chi connectivity index (χ1) is 3.72. The second-order valence-corrected chi connectivity index (χ2v) is 2.84. The first kappa shape index (κ1) is 6.12. The summed E-state index contributed by atoms with van der Waals surface area (Å²) in [5, 5.41) is 0. The summed E-state index contributed by atoms with van der Waals surface area (Å²) in [6.07, 6.45) is 4.08. The number of imidazole rings is 1. The van der Waals surface area contributed by atoms with Gasteiger partial charge in [0.15, 0.2) is 0 Å². The van der Waals surface area contributed by atoms with Crippen LogP contribution in [-0.4, -0.2) is 31.0 Å². The molecule has 0 aromatic carbocycles. The van der Waals surface area contributed by atoms with Crippen molar-refractivity contribution >= 4 is 21.8 Å². The topological polar surface area (TPSA) is 9.86 Å². The third-order valence-electron chi connectivity index (χ3n) is 1.12. The van der Waals surface area contributed by atoms with E-state index in [9.17, 15) is 0 Å². The molecule has 3 heteroatoms. The third-order valence-corrected chi connectivity index (χ3v) is 2.76. The number of hydrogen-bond donors (Lipinski definition) is 0. The van der Waals surface area contributed by atoms with E-state index in [1.807, 2.05) is 48.3 Å². The normalized spacial score (nSPS) is 9.75. The van der Waals surface area contributed by atoms with Crippen molar-refractivity contribution in [3.63, 3.8) is 0 Å². The fourth-order valence-electron chi connectivity index (χ4n) is 0.576. The molecule has 0 aliphatic rings. The maximum atomic E-state index is 2.09. The van der Waals surface area contributed by atoms with Gasteiger partial charge in [0, 0.05) is 0 Å². The van der Waals surface area contributed by atoms with Gasteiger partial charge < -0.3 is 0 Å². The van der Waals surface area contributed by atoms with Crippen molar-refractivity contribution in [2.24, 2.45) is 14.1 Å². The summed E-state index contributed by atoms with van der Waals surface area (Å²) in [6, 6.07) is 0. The van der Waals surface area contributed by atoms with Crippen LogP contribution in [0.3, 0.4) is 0 Å². The van der Waals surface area contributed by atoms with Crippen LogP contribution in [-0.2, 0) is 14.1 Å². The van der Waals surface area contributed by atoms with Crippen molar-refractivity contribution in [1.29, 1.82) is 0 Å². The van der Waals surface area contributed by atoms with Gasteiger partial charge in [0.2, 0.25) is 0 Å². The molecule has 0 spiro atoms. The zero-order valence-electron chi connectivity index (χ0n) is 4.96. The molecule has 0 unspecified atom stereocenters. The van der Waals surface area contributed by atoms with E-state index in [1.165, 1.54) is 3.46 Å². The number of nitrogens with zero attached hydrogens (tertiary/aromatic N) is 2. The summed E-state index contributed by atoms with van der Waals surface area (Å²) >= 11 is 2.01. The Balaban J connectivity index is 3.42. The number of hydrogen-bond acceptors (Lipinski definition) is 0. The molecule has 0 aliphatic heterocycles. The minimum atomic E-state index is 1.28. The Morgan fingerprint density at radius 3 is 1.75 bits per heavy atom. The standard InChI is InChI=1S/C5H8N2Te/c1-6-3-4-7(2)5(6)8/h3-4H,1-2H3. The molecule has 0 bridgehead atoms. The monoisotopic (exact) mass is 226 g/mol. The van der Waals surface area contributed by atoms with Crippen LogP contribution in [0.25, 0.3) is 0 Å². The molecule has 44 valence electrons. The van der Waals surface area contributed by atoms with Gasteiger partial charge in [0.1, 0.15) is 0 Å². The van der Waals surface area contributed by atoms with Crippen molar-refractivity contribution in [2.45, 2.75) is 0 Å². The summed E-state index contributed by atoms with van der Waals surface area (Å²) in [5.74, 6) is 0. The molecule has 0 saturated heterocycles. The molecule has 8 heavy (non-hydrogen) atoms. The number of rotatable bonds is 0. The molecule has 0 radical (unpaired) electrons. The zero-order valence-corrected chi connectivity index (χ0v) is 7.29. The van der Waals surface area contributed by atoms with Crippen molar-refractivity contribution in [1.82, 2.24) is 9.13 Å². The first-order valence-electron chi connectivity index (χ1n) is 2.40. The zero-order chi connectivity index (χ0) is 6.15. The molecule has 1 aromatic rings. The van der Waals surface area contributed by atoms with Gasteiger partial charge in [0.05, 0.1) is 0 Å². The van der Waals surface area contributed by atoms with Gasteiger partial charge in [-0.05, 0) is 0 Å². The molecule has 1 heterocycles. The molecule has 0 N–H and O–H groups in total. The summed E-state index contributed by atoms with van der Waals surface area (Å²) in [5.41, 5.74) is 0. The Hall–Kier alpha value is -0.000390. The van der Waals surface area contributed by atoms with Crippen LogP contribution in [0.4, 0.5) is 0 Å². The van der Waals surface area contributed by atoms with Crippen LogP contribution in [0.15, 0.2) is 12.4 Å². The van der Waals surface area contributed by atoms with Gasteiger partial charge in [-0.1, -0.05) is 0 Å². The quantitative estimate of drug-likeness (QED) is 0.551. The van der Waals surface area contributed by atoms with E-state index in [0.29, 0.717) is 0 Å². The second-order valence-electron chi connectivity index (χ2n) is 1.80. The van der Waals surface area contributed by atoms with E-state index >= 15 is 0 Å². The maximum absolute atomic E-state index is 2.09. The number of aromatic nitrogens is 2. The van der Waals surface area contributed by atoms with Gasteiger partial charge in [-0.25, -0.2) is 0 Å². The van der Waals surface area contributed by atoms with E-state index < -0.39 is 0 Å². The van der Waals surface area contributed by atoms with Crippen LogP contribution in [0.2, 0.25) is 0 Å². The molecule has 0 saturated carbocycles. The second kappa shape index (κ2) is 2.08. The average molecular weight is 224 g/mol. The van der Waals surface area contributed by atoms with E-state index in [-0.39, 0.29) is 0 Å². The van der Waals surface area contributed by atoms with Gasteiger partial charge >= 0.3 is 60.9 Å². The summed E-state index contributed by atoms with van der Waals surface area (Å²) in [6.45, 7) is 0. The Bertz CT molecular complexity index is 210. The van der Waals surface area contributed by atoms with Gasteiger partial charge in [-0.3, -0.25) is 0 Å². The van der Waals surface area contributed by atoms with E-state index in [1.54, 1.807) is 0 Å². The van der Waals surface area contributed by atoms with E-state index in [0.717, 1.165) is 0 Å². The molecule has 0 aliphatic carbocycles. The molecule has 0 fully saturated rings. The average Bonchev–Trinajstić information content (AvgIpc) is 1.98. The molecule has 0 amide bonds. The van der Waals surface area contributed by atoms with Crippen LogP contribution in [0.1, 0.15) is 0 Å². The van der Waals surface area contributed by atoms with Crippen LogP contribution < -0.4 is 0 Å². The Morgan fingerprint density at radius 2 is 1.62 bits per heavy atom. The Kier molecular flexibility index (Phi) is 1.59. The molecule has 1 rings (SSSR count). The van der Waals surface area contributed by atoms with Gasteiger partial charge in [-0.2, -0.15) is 0 Å². The minimum absolute atomic E-state index is 1.28. The SMILES string of the molecule is Cn1ccn(C)c1=[Te]. The third kappa shape index (κ3) is 0.887. The summed E-state index contributed by atoms with van der Waals surface area (Å²) in [7, 11) is 4.08. The van der Waals surface area contributed by atoms with Crippen molar-refractivity contribution in [2.75, 3.05) is 0 Å². The summed E-state index contributed by atoms with van der Waals surface area (Å²) < 4.78 is 5.45. The fraction of sp³-hybridized carbons (Fsp3) is 0.400. The van der Waals surface area contributed by atoms with Gasteiger partial charge in [-0.15, -0.1) is 0 Å². The van der Waals surface area contributed by atoms with Crippen molar-refractivity contribution < 1.29 is 0 Å². The Morgan fingerprint density at radius 1 is 1.25 bits per heavy atom.